The van der Waals surface area contributed by atoms with Crippen LogP contribution in [0, 0.1) is 22.9 Å². The number of hydrogen-bond acceptors (Lipinski definition) is 4. The molecule has 0 unspecified atom stereocenters. The topological polar surface area (TPSA) is 64.4 Å². The van der Waals surface area contributed by atoms with Crippen molar-refractivity contribution in [1.82, 2.24) is 5.32 Å². The van der Waals surface area contributed by atoms with Crippen LogP contribution in [0.1, 0.15) is 18.4 Å². The molecule has 1 saturated carbocycles. The average Bonchev–Trinajstić information content (AvgIpc) is 3.12. The van der Waals surface area contributed by atoms with Crippen molar-refractivity contribution in [1.29, 1.82) is 0 Å². The largest absolute Gasteiger partial charge is 0.489 e. The van der Waals surface area contributed by atoms with Gasteiger partial charge in [-0.3, -0.25) is 10.1 Å². The smallest absolute Gasteiger partial charge is 0.275 e. The number of hydrogen-bond donors (Lipinski definition) is 1. The van der Waals surface area contributed by atoms with Crippen molar-refractivity contribution in [3.05, 3.63) is 33.6 Å². The third-order valence-electron chi connectivity index (χ3n) is 2.82. The molecular formula is C12H15FN2O3. The lowest BCUT2D eigenvalue weighted by atomic mass is 10.2. The number of benzene rings is 1. The summed E-state index contributed by atoms with van der Waals surface area (Å²) in [6, 6.07) is 2.85. The second kappa shape index (κ2) is 5.30. The molecule has 0 amide bonds. The highest BCUT2D eigenvalue weighted by molar-refractivity contribution is 5.45. The van der Waals surface area contributed by atoms with E-state index in [1.807, 2.05) is 0 Å². The Morgan fingerprint density at radius 3 is 2.89 bits per heavy atom. The molecular weight excluding hydrogens is 239 g/mol. The molecule has 1 aromatic rings. The van der Waals surface area contributed by atoms with Crippen LogP contribution in [0.15, 0.2) is 12.1 Å². The number of nitro benzene ring substituents is 1. The predicted octanol–water partition coefficient (Wildman–Crippen LogP) is 2.17. The molecule has 18 heavy (non-hydrogen) atoms. The van der Waals surface area contributed by atoms with Crippen LogP contribution in [0.4, 0.5) is 10.1 Å². The predicted molar refractivity (Wildman–Crippen MR) is 64.3 cm³/mol. The van der Waals surface area contributed by atoms with Gasteiger partial charge in [-0.15, -0.1) is 0 Å². The highest BCUT2D eigenvalue weighted by Gasteiger charge is 2.20. The zero-order valence-corrected chi connectivity index (χ0v) is 10.1. The van der Waals surface area contributed by atoms with Gasteiger partial charge in [0.15, 0.2) is 11.6 Å². The second-order valence-electron chi connectivity index (χ2n) is 4.40. The van der Waals surface area contributed by atoms with E-state index in [0.29, 0.717) is 24.8 Å². The van der Waals surface area contributed by atoms with E-state index < -0.39 is 10.7 Å². The maximum Gasteiger partial charge on any atom is 0.275 e. The minimum atomic E-state index is -0.696. The quantitative estimate of drug-likeness (QED) is 0.480. The number of ether oxygens (including phenoxy) is 1. The number of nitrogens with one attached hydrogen (secondary N) is 1. The summed E-state index contributed by atoms with van der Waals surface area (Å²) in [5, 5.41) is 13.9. The number of nitro groups is 1. The third-order valence-corrected chi connectivity index (χ3v) is 2.82. The second-order valence-corrected chi connectivity index (χ2v) is 4.40. The number of halogens is 1. The summed E-state index contributed by atoms with van der Waals surface area (Å²) in [4.78, 5) is 10.0. The molecule has 1 N–H and O–H groups in total. The van der Waals surface area contributed by atoms with Crippen molar-refractivity contribution in [3.8, 4) is 5.75 Å². The highest BCUT2D eigenvalue weighted by Crippen LogP contribution is 2.26. The maximum atomic E-state index is 13.5. The lowest BCUT2D eigenvalue weighted by Crippen LogP contribution is -2.23. The Morgan fingerprint density at radius 1 is 1.56 bits per heavy atom. The minimum Gasteiger partial charge on any atom is -0.489 e. The Balaban J connectivity index is 1.94. The van der Waals surface area contributed by atoms with Crippen LogP contribution in [0.5, 0.6) is 5.75 Å². The molecule has 1 aliphatic rings. The molecule has 0 heterocycles. The fraction of sp³-hybridized carbons (Fsp3) is 0.500. The summed E-state index contributed by atoms with van der Waals surface area (Å²) in [5.74, 6) is -0.630. The standard InChI is InChI=1S/C12H15FN2O3/c1-8-6-12(10(13)7-11(8)15(16)17)18-5-4-14-9-2-3-9/h6-7,9,14H,2-5H2,1H3. The Kier molecular flexibility index (Phi) is 3.76. The summed E-state index contributed by atoms with van der Waals surface area (Å²) < 4.78 is 18.8. The Labute approximate surface area is 104 Å². The van der Waals surface area contributed by atoms with E-state index in [1.165, 1.54) is 18.9 Å². The normalized spacial score (nSPS) is 14.6. The summed E-state index contributed by atoms with van der Waals surface area (Å²) in [7, 11) is 0. The average molecular weight is 254 g/mol. The van der Waals surface area contributed by atoms with Crippen molar-refractivity contribution in [2.45, 2.75) is 25.8 Å². The molecule has 0 atom stereocenters. The van der Waals surface area contributed by atoms with E-state index >= 15 is 0 Å². The first-order valence-electron chi connectivity index (χ1n) is 5.88. The molecule has 6 heteroatoms. The summed E-state index contributed by atoms with van der Waals surface area (Å²) in [6.45, 7) is 2.57. The fourth-order valence-electron chi connectivity index (χ4n) is 1.66. The number of rotatable bonds is 6. The van der Waals surface area contributed by atoms with Crippen LogP contribution in [0.2, 0.25) is 0 Å². The molecule has 5 nitrogen and oxygen atoms in total. The molecule has 1 aromatic carbocycles. The fourth-order valence-corrected chi connectivity index (χ4v) is 1.66. The van der Waals surface area contributed by atoms with Crippen molar-refractivity contribution in [2.24, 2.45) is 0 Å². The molecule has 0 aliphatic heterocycles. The van der Waals surface area contributed by atoms with E-state index in [0.717, 1.165) is 6.07 Å². The van der Waals surface area contributed by atoms with Gasteiger partial charge in [-0.1, -0.05) is 0 Å². The van der Waals surface area contributed by atoms with Gasteiger partial charge in [0.2, 0.25) is 0 Å². The van der Waals surface area contributed by atoms with Crippen LogP contribution < -0.4 is 10.1 Å². The Bertz CT molecular complexity index is 461. The van der Waals surface area contributed by atoms with Gasteiger partial charge >= 0.3 is 0 Å². The first-order chi connectivity index (χ1) is 8.58. The van der Waals surface area contributed by atoms with Gasteiger partial charge in [0.1, 0.15) is 6.61 Å². The van der Waals surface area contributed by atoms with Crippen molar-refractivity contribution < 1.29 is 14.1 Å². The maximum absolute atomic E-state index is 13.5. The monoisotopic (exact) mass is 254 g/mol. The number of aryl methyl sites for hydroxylation is 1. The summed E-state index contributed by atoms with van der Waals surface area (Å²) in [6.07, 6.45) is 2.37. The van der Waals surface area contributed by atoms with Gasteiger partial charge in [0.25, 0.3) is 5.69 Å². The lowest BCUT2D eigenvalue weighted by molar-refractivity contribution is -0.385. The zero-order valence-electron chi connectivity index (χ0n) is 10.1. The van der Waals surface area contributed by atoms with Crippen molar-refractivity contribution in [2.75, 3.05) is 13.2 Å². The number of nitrogens with zero attached hydrogens (tertiary/aromatic N) is 1. The van der Waals surface area contributed by atoms with Gasteiger partial charge in [0.05, 0.1) is 11.0 Å². The van der Waals surface area contributed by atoms with Crippen LogP contribution in [-0.2, 0) is 0 Å². The van der Waals surface area contributed by atoms with Gasteiger partial charge in [-0.05, 0) is 25.8 Å². The molecule has 2 rings (SSSR count). The molecule has 0 spiro atoms. The van der Waals surface area contributed by atoms with Crippen LogP contribution >= 0.6 is 0 Å². The van der Waals surface area contributed by atoms with Crippen LogP contribution in [-0.4, -0.2) is 24.1 Å². The third kappa shape index (κ3) is 3.16. The van der Waals surface area contributed by atoms with Crippen molar-refractivity contribution in [3.63, 3.8) is 0 Å². The molecule has 0 saturated heterocycles. The van der Waals surface area contributed by atoms with E-state index in [-0.39, 0.29) is 11.4 Å². The van der Waals surface area contributed by atoms with Gasteiger partial charge in [-0.2, -0.15) is 0 Å². The van der Waals surface area contributed by atoms with Gasteiger partial charge < -0.3 is 10.1 Å². The molecule has 0 aromatic heterocycles. The minimum absolute atomic E-state index is 0.0655. The molecule has 98 valence electrons. The van der Waals surface area contributed by atoms with E-state index in [4.69, 9.17) is 4.74 Å². The Morgan fingerprint density at radius 2 is 2.28 bits per heavy atom. The van der Waals surface area contributed by atoms with Gasteiger partial charge in [0, 0.05) is 18.2 Å². The van der Waals surface area contributed by atoms with E-state index in [2.05, 4.69) is 5.32 Å². The van der Waals surface area contributed by atoms with E-state index in [1.54, 1.807) is 6.92 Å². The first-order valence-corrected chi connectivity index (χ1v) is 5.88. The summed E-state index contributed by atoms with van der Waals surface area (Å²) >= 11 is 0. The zero-order chi connectivity index (χ0) is 13.1. The van der Waals surface area contributed by atoms with Crippen LogP contribution in [0.3, 0.4) is 0 Å². The molecule has 1 aliphatic carbocycles. The SMILES string of the molecule is Cc1cc(OCCNC2CC2)c(F)cc1[N+](=O)[O-]. The van der Waals surface area contributed by atoms with Gasteiger partial charge in [-0.25, -0.2) is 4.39 Å². The molecule has 0 radical (unpaired) electrons. The first kappa shape index (κ1) is 12.8. The van der Waals surface area contributed by atoms with Crippen molar-refractivity contribution >= 4 is 5.69 Å². The molecule has 1 fully saturated rings. The highest BCUT2D eigenvalue weighted by atomic mass is 19.1. The summed E-state index contributed by atoms with van der Waals surface area (Å²) in [5.41, 5.74) is 0.169. The Hall–Kier alpha value is -1.69. The molecule has 0 bridgehead atoms. The lowest BCUT2D eigenvalue weighted by Gasteiger charge is -2.08. The van der Waals surface area contributed by atoms with Crippen LogP contribution in [0.25, 0.3) is 0 Å². The van der Waals surface area contributed by atoms with E-state index in [9.17, 15) is 14.5 Å².